The van der Waals surface area contributed by atoms with E-state index in [0.29, 0.717) is 12.2 Å². The molecule has 0 saturated heterocycles. The minimum atomic E-state index is -1.26. The average Bonchev–Trinajstić information content (AvgIpc) is 2.73. The molecular formula is C21H22N4O4. The third-order valence-electron chi connectivity index (χ3n) is 3.75. The number of nitrogens with one attached hydrogen (secondary N) is 1. The standard InChI is InChI=1S/C17H18N4.C4H4O4/c1(5-14-6-3-10-18-13-14)2-11-19-16-9-8-15-7-4-12-20-17(15)21-16;5-3(6)1-2-4(7)8/h3-4,6-10,12-13H,1-2,5,11H2,(H,19,20,21);1-2H,(H,5,6)(H,7,8)/b;2-1+. The molecule has 0 fully saturated rings. The van der Waals surface area contributed by atoms with E-state index in [1.165, 1.54) is 5.56 Å². The summed E-state index contributed by atoms with van der Waals surface area (Å²) in [6.45, 7) is 0.922. The molecule has 0 atom stereocenters. The second-order valence-corrected chi connectivity index (χ2v) is 6.00. The first-order chi connectivity index (χ1) is 14.0. The number of carboxylic acids is 2. The molecule has 3 aromatic rings. The molecule has 0 spiro atoms. The lowest BCUT2D eigenvalue weighted by atomic mass is 10.1. The van der Waals surface area contributed by atoms with Crippen molar-refractivity contribution >= 4 is 28.8 Å². The molecule has 0 aliphatic heterocycles. The number of aryl methyl sites for hydroxylation is 1. The third kappa shape index (κ3) is 8.61. The number of anilines is 1. The van der Waals surface area contributed by atoms with Crippen LogP contribution in [-0.2, 0) is 16.0 Å². The molecule has 0 aliphatic rings. The molecule has 150 valence electrons. The summed E-state index contributed by atoms with van der Waals surface area (Å²) in [4.78, 5) is 32.0. The lowest BCUT2D eigenvalue weighted by Gasteiger charge is -2.06. The number of aliphatic carboxylic acids is 2. The van der Waals surface area contributed by atoms with Gasteiger partial charge in [-0.15, -0.1) is 0 Å². The summed E-state index contributed by atoms with van der Waals surface area (Å²) in [6.07, 6.45) is 9.95. The number of carbonyl (C=O) groups is 2. The monoisotopic (exact) mass is 394 g/mol. The second kappa shape index (κ2) is 11.8. The van der Waals surface area contributed by atoms with Crippen molar-refractivity contribution in [2.24, 2.45) is 0 Å². The maximum absolute atomic E-state index is 9.55. The number of pyridine rings is 3. The number of nitrogens with zero attached hydrogens (tertiary/aromatic N) is 3. The van der Waals surface area contributed by atoms with Gasteiger partial charge in [0.15, 0.2) is 5.65 Å². The van der Waals surface area contributed by atoms with E-state index in [1.54, 1.807) is 6.20 Å². The number of fused-ring (bicyclic) bond motifs is 1. The van der Waals surface area contributed by atoms with E-state index in [4.69, 9.17) is 10.2 Å². The van der Waals surface area contributed by atoms with Crippen molar-refractivity contribution in [1.82, 2.24) is 15.0 Å². The number of carboxylic acid groups (broad SMARTS) is 2. The zero-order valence-electron chi connectivity index (χ0n) is 15.7. The molecule has 0 aliphatic carbocycles. The molecule has 29 heavy (non-hydrogen) atoms. The largest absolute Gasteiger partial charge is 0.478 e. The van der Waals surface area contributed by atoms with Crippen LogP contribution in [0.1, 0.15) is 18.4 Å². The second-order valence-electron chi connectivity index (χ2n) is 6.00. The fourth-order valence-electron chi connectivity index (χ4n) is 2.41. The van der Waals surface area contributed by atoms with E-state index in [-0.39, 0.29) is 0 Å². The van der Waals surface area contributed by atoms with E-state index >= 15 is 0 Å². The summed E-state index contributed by atoms with van der Waals surface area (Å²) in [6, 6.07) is 12.1. The van der Waals surface area contributed by atoms with E-state index in [0.717, 1.165) is 42.7 Å². The van der Waals surface area contributed by atoms with Crippen molar-refractivity contribution in [3.63, 3.8) is 0 Å². The summed E-state index contributed by atoms with van der Waals surface area (Å²) >= 11 is 0. The van der Waals surface area contributed by atoms with Crippen LogP contribution in [0.25, 0.3) is 11.0 Å². The number of aromatic nitrogens is 3. The van der Waals surface area contributed by atoms with Crippen LogP contribution in [0.2, 0.25) is 0 Å². The van der Waals surface area contributed by atoms with Gasteiger partial charge >= 0.3 is 11.9 Å². The van der Waals surface area contributed by atoms with Crippen molar-refractivity contribution < 1.29 is 19.8 Å². The van der Waals surface area contributed by atoms with Gasteiger partial charge in [0, 0.05) is 42.7 Å². The molecule has 0 aromatic carbocycles. The Hall–Kier alpha value is -3.81. The molecule has 3 rings (SSSR count). The average molecular weight is 394 g/mol. The van der Waals surface area contributed by atoms with Crippen LogP contribution in [0.4, 0.5) is 5.82 Å². The molecule has 0 bridgehead atoms. The smallest absolute Gasteiger partial charge is 0.328 e. The van der Waals surface area contributed by atoms with Crippen molar-refractivity contribution in [2.45, 2.75) is 19.3 Å². The Morgan fingerprint density at radius 1 is 0.966 bits per heavy atom. The van der Waals surface area contributed by atoms with Crippen LogP contribution in [-0.4, -0.2) is 43.6 Å². The SMILES string of the molecule is O=C(O)/C=C/C(=O)O.c1cncc(CCCCNc2ccc3cccnc3n2)c1. The van der Waals surface area contributed by atoms with Crippen LogP contribution in [0.3, 0.4) is 0 Å². The minimum absolute atomic E-state index is 0.558. The molecular weight excluding hydrogens is 372 g/mol. The van der Waals surface area contributed by atoms with Gasteiger partial charge in [0.05, 0.1) is 0 Å². The molecule has 3 aromatic heterocycles. The highest BCUT2D eigenvalue weighted by molar-refractivity contribution is 5.89. The Labute approximate surface area is 168 Å². The Morgan fingerprint density at radius 2 is 1.72 bits per heavy atom. The minimum Gasteiger partial charge on any atom is -0.478 e. The Kier molecular flexibility index (Phi) is 8.75. The van der Waals surface area contributed by atoms with Gasteiger partial charge < -0.3 is 15.5 Å². The molecule has 8 heteroatoms. The van der Waals surface area contributed by atoms with Gasteiger partial charge in [0.25, 0.3) is 0 Å². The van der Waals surface area contributed by atoms with Gasteiger partial charge in [-0.2, -0.15) is 0 Å². The van der Waals surface area contributed by atoms with Crippen LogP contribution in [0, 0.1) is 0 Å². The Morgan fingerprint density at radius 3 is 2.41 bits per heavy atom. The highest BCUT2D eigenvalue weighted by Gasteiger charge is 1.98. The van der Waals surface area contributed by atoms with Crippen molar-refractivity contribution in [2.75, 3.05) is 11.9 Å². The van der Waals surface area contributed by atoms with Crippen LogP contribution in [0.5, 0.6) is 0 Å². The predicted molar refractivity (Wildman–Crippen MR) is 110 cm³/mol. The normalized spacial score (nSPS) is 10.3. The summed E-state index contributed by atoms with van der Waals surface area (Å²) in [7, 11) is 0. The first-order valence-electron chi connectivity index (χ1n) is 9.03. The van der Waals surface area contributed by atoms with E-state index in [9.17, 15) is 9.59 Å². The third-order valence-corrected chi connectivity index (χ3v) is 3.75. The first-order valence-corrected chi connectivity index (χ1v) is 9.03. The molecule has 0 radical (unpaired) electrons. The molecule has 0 amide bonds. The first kappa shape index (κ1) is 21.5. The Bertz CT molecular complexity index is 945. The van der Waals surface area contributed by atoms with Gasteiger partial charge in [0.2, 0.25) is 0 Å². The van der Waals surface area contributed by atoms with E-state index in [1.807, 2.05) is 42.7 Å². The van der Waals surface area contributed by atoms with Crippen molar-refractivity contribution in [1.29, 1.82) is 0 Å². The molecule has 3 N–H and O–H groups in total. The maximum atomic E-state index is 9.55. The number of unbranched alkanes of at least 4 members (excludes halogenated alkanes) is 1. The van der Waals surface area contributed by atoms with Crippen molar-refractivity contribution in [3.05, 3.63) is 72.7 Å². The van der Waals surface area contributed by atoms with Crippen molar-refractivity contribution in [3.8, 4) is 0 Å². The van der Waals surface area contributed by atoms with Gasteiger partial charge in [0.1, 0.15) is 5.82 Å². The number of hydrogen-bond donors (Lipinski definition) is 3. The number of rotatable bonds is 8. The molecule has 0 saturated carbocycles. The van der Waals surface area contributed by atoms with Gasteiger partial charge in [-0.3, -0.25) is 4.98 Å². The van der Waals surface area contributed by atoms with Crippen LogP contribution < -0.4 is 5.32 Å². The molecule has 8 nitrogen and oxygen atoms in total. The van der Waals surface area contributed by atoms with Crippen LogP contribution in [0.15, 0.2) is 67.1 Å². The van der Waals surface area contributed by atoms with E-state index < -0.39 is 11.9 Å². The Balaban J connectivity index is 0.000000321. The fourth-order valence-corrected chi connectivity index (χ4v) is 2.41. The topological polar surface area (TPSA) is 125 Å². The lowest BCUT2D eigenvalue weighted by molar-refractivity contribution is -0.134. The van der Waals surface area contributed by atoms with Crippen LogP contribution >= 0.6 is 0 Å². The predicted octanol–water partition coefficient (Wildman–Crippen LogP) is 3.17. The maximum Gasteiger partial charge on any atom is 0.328 e. The summed E-state index contributed by atoms with van der Waals surface area (Å²) < 4.78 is 0. The molecule has 3 heterocycles. The number of hydrogen-bond acceptors (Lipinski definition) is 6. The van der Waals surface area contributed by atoms with E-state index in [2.05, 4.69) is 26.3 Å². The fraction of sp³-hybridized carbons (Fsp3) is 0.190. The molecule has 0 unspecified atom stereocenters. The highest BCUT2D eigenvalue weighted by Crippen LogP contribution is 2.12. The zero-order valence-corrected chi connectivity index (χ0v) is 15.7. The van der Waals surface area contributed by atoms with Gasteiger partial charge in [-0.25, -0.2) is 19.6 Å². The lowest BCUT2D eigenvalue weighted by Crippen LogP contribution is -2.04. The summed E-state index contributed by atoms with van der Waals surface area (Å²) in [5.41, 5.74) is 2.09. The van der Waals surface area contributed by atoms with Gasteiger partial charge in [-0.05, 0) is 55.2 Å². The summed E-state index contributed by atoms with van der Waals surface area (Å²) in [5.74, 6) is -1.62. The zero-order chi connectivity index (χ0) is 20.9. The summed E-state index contributed by atoms with van der Waals surface area (Å²) in [5, 5.41) is 20.0. The quantitative estimate of drug-likeness (QED) is 0.393. The van der Waals surface area contributed by atoms with Gasteiger partial charge in [-0.1, -0.05) is 6.07 Å². The highest BCUT2D eigenvalue weighted by atomic mass is 16.4.